The van der Waals surface area contributed by atoms with Crippen LogP contribution in [0.3, 0.4) is 0 Å². The second-order valence-electron chi connectivity index (χ2n) is 16.9. The zero-order chi connectivity index (χ0) is 51.4. The van der Waals surface area contributed by atoms with Crippen LogP contribution in [0, 0.1) is 11.8 Å². The number of rotatable bonds is 14. The molecule has 3 aromatic heterocycles. The Bertz CT molecular complexity index is 3180. The first-order valence-corrected chi connectivity index (χ1v) is 24.7. The predicted molar refractivity (Wildman–Crippen MR) is 283 cm³/mol. The molecule has 4 N–H and O–H groups in total. The molecule has 2 amide bonds. The molecule has 1 aliphatic carbocycles. The molecular weight excluding hydrogens is 1030 g/mol. The number of ether oxygens (including phenoxy) is 5. The van der Waals surface area contributed by atoms with Crippen LogP contribution >= 0.6 is 58.0 Å². The van der Waals surface area contributed by atoms with Gasteiger partial charge in [0.25, 0.3) is 11.5 Å². The fourth-order valence-corrected chi connectivity index (χ4v) is 10.7. The third-order valence-electron chi connectivity index (χ3n) is 12.7. The van der Waals surface area contributed by atoms with E-state index < -0.39 is 30.0 Å². The number of anilines is 2. The van der Waals surface area contributed by atoms with Crippen LogP contribution in [-0.4, -0.2) is 96.7 Å². The van der Waals surface area contributed by atoms with Crippen molar-refractivity contribution in [3.63, 3.8) is 0 Å². The minimum atomic E-state index is -0.694. The van der Waals surface area contributed by atoms with E-state index in [2.05, 4.69) is 44.7 Å². The van der Waals surface area contributed by atoms with E-state index >= 15 is 0 Å². The maximum Gasteiger partial charge on any atom is 0.296 e. The zero-order valence-corrected chi connectivity index (χ0v) is 43.5. The van der Waals surface area contributed by atoms with Gasteiger partial charge in [-0.15, -0.1) is 0 Å². The highest BCUT2D eigenvalue weighted by Crippen LogP contribution is 2.48. The Morgan fingerprint density at radius 3 is 2.03 bits per heavy atom. The predicted octanol–water partition coefficient (Wildman–Crippen LogP) is 9.78. The van der Waals surface area contributed by atoms with E-state index in [0.29, 0.717) is 85.3 Å². The molecule has 376 valence electrons. The number of methoxy groups -OCH3 is 4. The summed E-state index contributed by atoms with van der Waals surface area (Å²) in [6, 6.07) is 8.72. The number of halogens is 5. The molecule has 5 atom stereocenters. The van der Waals surface area contributed by atoms with E-state index in [9.17, 15) is 14.4 Å². The maximum absolute atomic E-state index is 14.1. The molecule has 72 heavy (non-hydrogen) atoms. The SMILES string of the molecule is C=CC(=O)N[C@H]1CC(C#CC(=O)N[C@H]2CCCC[C@H]2Nc2cc3c(cn2)cc(-c2c(Cl)c(OC)cc(OC)c2Cl)c(=O)n3CC)OC[C@H]1Nc1ncc2cc(-c3c(Cl)c(OC)cc(OC)c3Cl)cc(Cl)c2n1. The van der Waals surface area contributed by atoms with Crippen LogP contribution in [0.1, 0.15) is 39.0 Å². The summed E-state index contributed by atoms with van der Waals surface area (Å²) in [5.41, 5.74) is 2.42. The van der Waals surface area contributed by atoms with Gasteiger partial charge in [-0.2, -0.15) is 0 Å². The van der Waals surface area contributed by atoms with E-state index in [-0.39, 0.29) is 62.3 Å². The zero-order valence-electron chi connectivity index (χ0n) is 39.7. The van der Waals surface area contributed by atoms with Crippen molar-refractivity contribution in [2.45, 2.75) is 75.8 Å². The van der Waals surface area contributed by atoms with Gasteiger partial charge in [-0.1, -0.05) is 83.3 Å². The minimum Gasteiger partial charge on any atom is -0.495 e. The van der Waals surface area contributed by atoms with Crippen LogP contribution < -0.4 is 45.8 Å². The van der Waals surface area contributed by atoms with Gasteiger partial charge in [0.15, 0.2) is 0 Å². The van der Waals surface area contributed by atoms with Gasteiger partial charge in [-0.25, -0.2) is 15.0 Å². The van der Waals surface area contributed by atoms with Gasteiger partial charge < -0.3 is 49.5 Å². The largest absolute Gasteiger partial charge is 0.495 e. The minimum absolute atomic E-state index is 0.0869. The quantitative estimate of drug-likeness (QED) is 0.0597. The average molecular weight is 1080 g/mol. The van der Waals surface area contributed by atoms with Gasteiger partial charge in [0.05, 0.1) is 88.8 Å². The topological polar surface area (TPSA) is 189 Å². The lowest BCUT2D eigenvalue weighted by Crippen LogP contribution is -2.54. The Morgan fingerprint density at radius 2 is 1.40 bits per heavy atom. The van der Waals surface area contributed by atoms with Crippen molar-refractivity contribution in [1.29, 1.82) is 0 Å². The summed E-state index contributed by atoms with van der Waals surface area (Å²) in [5.74, 6) is 6.94. The van der Waals surface area contributed by atoms with Crippen molar-refractivity contribution in [2.75, 3.05) is 45.7 Å². The summed E-state index contributed by atoms with van der Waals surface area (Å²) in [7, 11) is 5.93. The first-order valence-electron chi connectivity index (χ1n) is 22.8. The summed E-state index contributed by atoms with van der Waals surface area (Å²) in [5, 5.41) is 15.3. The fraction of sp³-hybridized carbons (Fsp3) is 0.333. The van der Waals surface area contributed by atoms with Crippen LogP contribution in [-0.2, 0) is 20.9 Å². The normalized spacial score (nSPS) is 18.6. The van der Waals surface area contributed by atoms with E-state index in [0.717, 1.165) is 19.3 Å². The molecule has 2 aliphatic rings. The molecule has 6 aromatic rings. The van der Waals surface area contributed by atoms with Crippen molar-refractivity contribution in [2.24, 2.45) is 0 Å². The number of nitrogens with zero attached hydrogens (tertiary/aromatic N) is 4. The Balaban J connectivity index is 0.948. The van der Waals surface area contributed by atoms with Crippen LogP contribution in [0.4, 0.5) is 11.8 Å². The van der Waals surface area contributed by atoms with Crippen LogP contribution in [0.5, 0.6) is 23.0 Å². The molecule has 1 saturated carbocycles. The number of carbonyl (C=O) groups is 2. The lowest BCUT2D eigenvalue weighted by atomic mass is 9.90. The van der Waals surface area contributed by atoms with Gasteiger partial charge in [0.2, 0.25) is 11.9 Å². The van der Waals surface area contributed by atoms with E-state index in [1.807, 2.05) is 13.0 Å². The number of fused-ring (bicyclic) bond motifs is 2. The summed E-state index contributed by atoms with van der Waals surface area (Å²) in [6.45, 7) is 5.91. The third-order valence-corrected chi connectivity index (χ3v) is 14.4. The number of hydrogen-bond donors (Lipinski definition) is 4. The average Bonchev–Trinajstić information content (AvgIpc) is 3.37. The number of hydrogen-bond acceptors (Lipinski definition) is 13. The van der Waals surface area contributed by atoms with Gasteiger partial charge in [0.1, 0.15) is 34.9 Å². The Morgan fingerprint density at radius 1 is 0.778 bits per heavy atom. The Hall–Kier alpha value is -6.19. The number of aromatic nitrogens is 4. The van der Waals surface area contributed by atoms with Crippen molar-refractivity contribution < 1.29 is 33.3 Å². The first-order chi connectivity index (χ1) is 34.7. The summed E-state index contributed by atoms with van der Waals surface area (Å²) < 4.78 is 29.5. The molecule has 2 fully saturated rings. The summed E-state index contributed by atoms with van der Waals surface area (Å²) in [6.07, 6.45) is 7.31. The molecule has 0 radical (unpaired) electrons. The molecule has 0 spiro atoms. The van der Waals surface area contributed by atoms with Crippen molar-refractivity contribution in [3.8, 4) is 57.1 Å². The fourth-order valence-electron chi connectivity index (χ4n) is 9.05. The van der Waals surface area contributed by atoms with Crippen LogP contribution in [0.2, 0.25) is 25.1 Å². The molecule has 0 bridgehead atoms. The number of aryl methyl sites for hydroxylation is 1. The number of pyridine rings is 2. The highest BCUT2D eigenvalue weighted by atomic mass is 35.5. The molecule has 16 nitrogen and oxygen atoms in total. The molecule has 3 aromatic carbocycles. The molecule has 1 unspecified atom stereocenters. The van der Waals surface area contributed by atoms with E-state index in [1.54, 1.807) is 47.3 Å². The number of amides is 2. The lowest BCUT2D eigenvalue weighted by molar-refractivity contribution is -0.118. The van der Waals surface area contributed by atoms with E-state index in [1.165, 1.54) is 34.5 Å². The van der Waals surface area contributed by atoms with Crippen molar-refractivity contribution in [1.82, 2.24) is 30.2 Å². The van der Waals surface area contributed by atoms with Crippen molar-refractivity contribution in [3.05, 3.63) is 96.9 Å². The first kappa shape index (κ1) is 52.1. The van der Waals surface area contributed by atoms with Gasteiger partial charge in [-0.3, -0.25) is 14.4 Å². The second-order valence-corrected chi connectivity index (χ2v) is 18.8. The van der Waals surface area contributed by atoms with Crippen LogP contribution in [0.25, 0.3) is 44.1 Å². The van der Waals surface area contributed by atoms with Crippen LogP contribution in [0.15, 0.2) is 66.2 Å². The molecule has 1 saturated heterocycles. The monoisotopic (exact) mass is 1080 g/mol. The number of nitrogens with one attached hydrogen (secondary N) is 4. The van der Waals surface area contributed by atoms with Gasteiger partial charge in [-0.05, 0) is 55.5 Å². The summed E-state index contributed by atoms with van der Waals surface area (Å²) in [4.78, 5) is 54.1. The third kappa shape index (κ3) is 10.8. The molecular formula is C51H49Cl5N8O8. The standard InChI is InChI=1S/C51H49Cl5N8O8/c1-7-41(65)61-33-18-28(72-24-34(33)62-51-58-23-27-15-25(17-30(52)49(27)63-51)43-45(53)36(68-3)20-37(69-4)46(43)54)13-14-42(66)60-32-12-10-9-11-31(32)59-40-19-35-26(22-57-40)16-29(50(67)64(35)8-2)44-47(55)38(70-5)21-39(71-6)48(44)56/h7,15-17,19-23,28,31-34H,1,8-12,18,24H2,2-6H3,(H,57,59)(H,60,66)(H,61,65)(H,58,62,63)/t28?,31-,32+,33+,34-/m1/s1. The Labute approximate surface area is 440 Å². The lowest BCUT2D eigenvalue weighted by Gasteiger charge is -2.35. The van der Waals surface area contributed by atoms with E-state index in [4.69, 9.17) is 91.7 Å². The smallest absolute Gasteiger partial charge is 0.296 e. The Kier molecular flexibility index (Phi) is 16.4. The molecule has 4 heterocycles. The highest BCUT2D eigenvalue weighted by molar-refractivity contribution is 6.42. The van der Waals surface area contributed by atoms with Crippen molar-refractivity contribution >= 4 is 103 Å². The summed E-state index contributed by atoms with van der Waals surface area (Å²) >= 11 is 33.7. The second kappa shape index (κ2) is 22.7. The van der Waals surface area contributed by atoms with Gasteiger partial charge >= 0.3 is 0 Å². The molecule has 8 rings (SSSR count). The number of benzene rings is 3. The van der Waals surface area contributed by atoms with Gasteiger partial charge in [0, 0.05) is 77.5 Å². The maximum atomic E-state index is 14.1. The highest BCUT2D eigenvalue weighted by Gasteiger charge is 2.33. The molecule has 1 aliphatic heterocycles. The number of carbonyl (C=O) groups excluding carboxylic acids is 2. The molecule has 21 heteroatoms.